The van der Waals surface area contributed by atoms with Gasteiger partial charge in [-0.3, -0.25) is 4.90 Å². The van der Waals surface area contributed by atoms with E-state index in [-0.39, 0.29) is 0 Å². The highest BCUT2D eigenvalue weighted by atomic mass is 16.5. The first-order chi connectivity index (χ1) is 6.29. The molecule has 1 N–H and O–H groups in total. The second kappa shape index (κ2) is 3.52. The quantitative estimate of drug-likeness (QED) is 0.624. The van der Waals surface area contributed by atoms with Crippen LogP contribution in [-0.4, -0.2) is 48.4 Å². The first-order valence-electron chi connectivity index (χ1n) is 5.39. The van der Waals surface area contributed by atoms with Gasteiger partial charge in [0, 0.05) is 26.2 Å². The van der Waals surface area contributed by atoms with Gasteiger partial charge in [-0.05, 0) is 13.8 Å². The molecule has 1 aliphatic rings. The van der Waals surface area contributed by atoms with Crippen molar-refractivity contribution in [2.45, 2.75) is 32.1 Å². The first kappa shape index (κ1) is 5.51. The molecule has 1 fully saturated rings. The molecule has 3 nitrogen and oxygen atoms in total. The molecule has 0 aromatic heterocycles. The molecule has 0 amide bonds. The summed E-state index contributed by atoms with van der Waals surface area (Å²) in [5.74, 6) is 0. The van der Waals surface area contributed by atoms with E-state index in [0.717, 1.165) is 0 Å². The maximum absolute atomic E-state index is 9.55. The molecular formula is C8H17NO2. The summed E-state index contributed by atoms with van der Waals surface area (Å²) in [5, 5.41) is 9.55. The molecule has 2 atom stereocenters. The Labute approximate surface area is 72.2 Å². The number of likely N-dealkylation sites (tertiary alicyclic amines) is 1. The van der Waals surface area contributed by atoms with Crippen LogP contribution in [0.15, 0.2) is 0 Å². The number of hydrogen-bond acceptors (Lipinski definition) is 3. The van der Waals surface area contributed by atoms with E-state index in [9.17, 15) is 5.11 Å². The summed E-state index contributed by atoms with van der Waals surface area (Å²) in [6.07, 6.45) is -1.29. The molecule has 2 unspecified atom stereocenters. The fraction of sp³-hybridized carbons (Fsp3) is 1.00. The molecule has 0 aromatic carbocycles. The van der Waals surface area contributed by atoms with Gasteiger partial charge in [-0.2, -0.15) is 0 Å². The van der Waals surface area contributed by atoms with Crippen molar-refractivity contribution in [1.82, 2.24) is 4.90 Å². The Morgan fingerprint density at radius 1 is 1.64 bits per heavy atom. The van der Waals surface area contributed by atoms with Crippen LogP contribution in [-0.2, 0) is 4.74 Å². The lowest BCUT2D eigenvalue weighted by atomic mass is 10.3. The minimum Gasteiger partial charge on any atom is -0.389 e. The number of nitrogens with zero attached hydrogens (tertiary/aromatic N) is 1. The average molecular weight is 162 g/mol. The summed E-state index contributed by atoms with van der Waals surface area (Å²) < 4.78 is 25.6. The van der Waals surface area contributed by atoms with Crippen molar-refractivity contribution in [3.8, 4) is 0 Å². The molecule has 66 valence electrons. The number of ether oxygens (including phenoxy) is 1. The topological polar surface area (TPSA) is 32.7 Å². The summed E-state index contributed by atoms with van der Waals surface area (Å²) in [4.78, 5) is 2.00. The van der Waals surface area contributed by atoms with Gasteiger partial charge in [-0.1, -0.05) is 0 Å². The van der Waals surface area contributed by atoms with Gasteiger partial charge in [-0.15, -0.1) is 0 Å². The van der Waals surface area contributed by atoms with Crippen LogP contribution >= 0.6 is 0 Å². The van der Waals surface area contributed by atoms with Crippen LogP contribution in [0.2, 0.25) is 0 Å². The standard InChI is InChI=1S/C8H17NO2/c1-6(2)9-4-7(10)8(5-9)11-3/h6-8,10H,4-5H2,1-3H3/i3D3. The van der Waals surface area contributed by atoms with E-state index in [1.807, 2.05) is 18.7 Å². The van der Waals surface area contributed by atoms with Crippen LogP contribution in [0.5, 0.6) is 0 Å². The maximum atomic E-state index is 9.55. The number of rotatable bonds is 2. The molecular weight excluding hydrogens is 142 g/mol. The minimum absolute atomic E-state index is 0.301. The third kappa shape index (κ3) is 1.92. The summed E-state index contributed by atoms with van der Waals surface area (Å²) >= 11 is 0. The molecule has 0 radical (unpaired) electrons. The molecule has 0 aliphatic carbocycles. The smallest absolute Gasteiger partial charge is 0.0969 e. The van der Waals surface area contributed by atoms with Crippen LogP contribution < -0.4 is 0 Å². The van der Waals surface area contributed by atoms with Gasteiger partial charge in [-0.25, -0.2) is 0 Å². The molecule has 1 heterocycles. The van der Waals surface area contributed by atoms with Crippen LogP contribution in [0.1, 0.15) is 18.0 Å². The minimum atomic E-state index is -2.42. The lowest BCUT2D eigenvalue weighted by Gasteiger charge is -2.19. The van der Waals surface area contributed by atoms with E-state index in [0.29, 0.717) is 19.1 Å². The number of hydrogen-bond donors (Lipinski definition) is 1. The Hall–Kier alpha value is -0.120. The fourth-order valence-electron chi connectivity index (χ4n) is 1.32. The molecule has 0 bridgehead atoms. The third-order valence-electron chi connectivity index (χ3n) is 2.15. The molecule has 0 saturated carbocycles. The molecule has 0 spiro atoms. The Bertz CT molecular complexity index is 196. The lowest BCUT2D eigenvalue weighted by molar-refractivity contribution is 0.0214. The van der Waals surface area contributed by atoms with E-state index in [4.69, 9.17) is 8.85 Å². The highest BCUT2D eigenvalue weighted by Gasteiger charge is 2.32. The van der Waals surface area contributed by atoms with Gasteiger partial charge in [0.15, 0.2) is 0 Å². The number of aliphatic hydroxyl groups is 1. The van der Waals surface area contributed by atoms with Crippen molar-refractivity contribution in [1.29, 1.82) is 0 Å². The van der Waals surface area contributed by atoms with Gasteiger partial charge >= 0.3 is 0 Å². The summed E-state index contributed by atoms with van der Waals surface area (Å²) in [6.45, 7) is 4.98. The van der Waals surface area contributed by atoms with Crippen LogP contribution in [0.25, 0.3) is 0 Å². The molecule has 1 aliphatic heterocycles. The van der Waals surface area contributed by atoms with E-state index in [2.05, 4.69) is 0 Å². The van der Waals surface area contributed by atoms with Crippen molar-refractivity contribution in [3.05, 3.63) is 0 Å². The zero-order chi connectivity index (χ0) is 10.9. The number of methoxy groups -OCH3 is 1. The van der Waals surface area contributed by atoms with E-state index < -0.39 is 19.2 Å². The van der Waals surface area contributed by atoms with Gasteiger partial charge in [0.2, 0.25) is 0 Å². The highest BCUT2D eigenvalue weighted by molar-refractivity contribution is 4.85. The van der Waals surface area contributed by atoms with Gasteiger partial charge < -0.3 is 9.84 Å². The zero-order valence-corrected chi connectivity index (χ0v) is 6.95. The van der Waals surface area contributed by atoms with E-state index in [1.165, 1.54) is 0 Å². The first-order valence-corrected chi connectivity index (χ1v) is 3.89. The summed E-state index contributed by atoms with van der Waals surface area (Å²) in [5.41, 5.74) is 0. The predicted molar refractivity (Wildman–Crippen MR) is 43.5 cm³/mol. The SMILES string of the molecule is [2H]C([2H])([2H])OC1CN(C(C)C)CC1O. The van der Waals surface area contributed by atoms with Crippen molar-refractivity contribution in [3.63, 3.8) is 0 Å². The predicted octanol–water partition coefficient (Wildman–Crippen LogP) is 0.0863. The Morgan fingerprint density at radius 2 is 2.36 bits per heavy atom. The number of β-amino-alcohol motifs (C(OH)–C–C–N with tert-alkyl or cyclic N) is 1. The maximum Gasteiger partial charge on any atom is 0.0969 e. The molecule has 3 heteroatoms. The molecule has 1 saturated heterocycles. The lowest BCUT2D eigenvalue weighted by Crippen LogP contribution is -2.29. The fourth-order valence-corrected chi connectivity index (χ4v) is 1.32. The highest BCUT2D eigenvalue weighted by Crippen LogP contribution is 2.14. The van der Waals surface area contributed by atoms with Crippen LogP contribution in [0.3, 0.4) is 0 Å². The van der Waals surface area contributed by atoms with Crippen molar-refractivity contribution in [2.24, 2.45) is 0 Å². The van der Waals surface area contributed by atoms with E-state index in [1.54, 1.807) is 0 Å². The Kier molecular flexibility index (Phi) is 1.76. The van der Waals surface area contributed by atoms with Crippen molar-refractivity contribution >= 4 is 0 Å². The van der Waals surface area contributed by atoms with Gasteiger partial charge in [0.05, 0.1) is 16.3 Å². The van der Waals surface area contributed by atoms with Crippen molar-refractivity contribution < 1.29 is 14.0 Å². The molecule has 1 rings (SSSR count). The third-order valence-corrected chi connectivity index (χ3v) is 2.15. The zero-order valence-electron chi connectivity index (χ0n) is 9.95. The van der Waals surface area contributed by atoms with Gasteiger partial charge in [0.1, 0.15) is 0 Å². The molecule has 11 heavy (non-hydrogen) atoms. The summed E-state index contributed by atoms with van der Waals surface area (Å²) in [6, 6.07) is 0.301. The second-order valence-corrected chi connectivity index (χ2v) is 3.27. The van der Waals surface area contributed by atoms with Gasteiger partial charge in [0.25, 0.3) is 0 Å². The second-order valence-electron chi connectivity index (χ2n) is 3.27. The Morgan fingerprint density at radius 3 is 2.82 bits per heavy atom. The molecule has 0 aromatic rings. The average Bonchev–Trinajstić information content (AvgIpc) is 2.29. The van der Waals surface area contributed by atoms with Crippen LogP contribution in [0, 0.1) is 0 Å². The van der Waals surface area contributed by atoms with E-state index >= 15 is 0 Å². The largest absolute Gasteiger partial charge is 0.389 e. The van der Waals surface area contributed by atoms with Crippen molar-refractivity contribution in [2.75, 3.05) is 20.1 Å². The summed E-state index contributed by atoms with van der Waals surface area (Å²) in [7, 11) is -2.42. The number of aliphatic hydroxyl groups excluding tert-OH is 1. The normalized spacial score (nSPS) is 38.7. The Balaban J connectivity index is 2.49. The van der Waals surface area contributed by atoms with Crippen LogP contribution in [0.4, 0.5) is 0 Å². The monoisotopic (exact) mass is 162 g/mol.